The number of alkyl halides is 3. The van der Waals surface area contributed by atoms with Crippen molar-refractivity contribution in [1.82, 2.24) is 4.98 Å². The first-order valence-corrected chi connectivity index (χ1v) is 5.99. The van der Waals surface area contributed by atoms with Gasteiger partial charge in [-0.2, -0.15) is 13.2 Å². The number of nitrogen functional groups attached to an aromatic ring is 1. The molecule has 0 amide bonds. The Bertz CT molecular complexity index is 666. The first-order chi connectivity index (χ1) is 9.77. The summed E-state index contributed by atoms with van der Waals surface area (Å²) in [4.78, 5) is 14.6. The Morgan fingerprint density at radius 2 is 1.76 bits per heavy atom. The topological polar surface area (TPSA) is 68.0 Å². The summed E-state index contributed by atoms with van der Waals surface area (Å²) in [6, 6.07) is 8.22. The summed E-state index contributed by atoms with van der Waals surface area (Å²) in [5.74, 6) is -0.182. The first-order valence-electron chi connectivity index (χ1n) is 5.99. The van der Waals surface area contributed by atoms with Crippen molar-refractivity contribution in [2.45, 2.75) is 13.1 Å². The lowest BCUT2D eigenvalue weighted by molar-refractivity contribution is -0.141. The number of hydrogen-bond acceptors (Lipinski definition) is 4. The summed E-state index contributed by atoms with van der Waals surface area (Å²) >= 11 is 0. The lowest BCUT2D eigenvalue weighted by atomic mass is 10.1. The van der Waals surface area contributed by atoms with E-state index < -0.39 is 11.9 Å². The second-order valence-electron chi connectivity index (χ2n) is 4.39. The van der Waals surface area contributed by atoms with E-state index in [0.29, 0.717) is 11.3 Å². The summed E-state index contributed by atoms with van der Waals surface area (Å²) in [5, 5.41) is 2.70. The van der Waals surface area contributed by atoms with Gasteiger partial charge in [-0.05, 0) is 43.3 Å². The van der Waals surface area contributed by atoms with Crippen LogP contribution in [0.5, 0.6) is 0 Å². The van der Waals surface area contributed by atoms with Gasteiger partial charge in [-0.3, -0.25) is 4.79 Å². The van der Waals surface area contributed by atoms with E-state index >= 15 is 0 Å². The second kappa shape index (κ2) is 5.43. The molecule has 0 unspecified atom stereocenters. The van der Waals surface area contributed by atoms with Crippen LogP contribution in [-0.2, 0) is 6.18 Å². The molecule has 0 saturated heterocycles. The van der Waals surface area contributed by atoms with Gasteiger partial charge in [0.15, 0.2) is 11.6 Å². The highest BCUT2D eigenvalue weighted by atomic mass is 19.4. The SMILES string of the molecule is CC(=O)c1ccc(Nc2nc(C(F)(F)F)ccc2N)cc1. The molecule has 0 atom stereocenters. The quantitative estimate of drug-likeness (QED) is 0.848. The van der Waals surface area contributed by atoms with Crippen molar-refractivity contribution in [3.63, 3.8) is 0 Å². The number of halogens is 3. The van der Waals surface area contributed by atoms with Gasteiger partial charge in [0, 0.05) is 11.3 Å². The van der Waals surface area contributed by atoms with E-state index in [1.807, 2.05) is 0 Å². The van der Waals surface area contributed by atoms with Crippen molar-refractivity contribution in [2.24, 2.45) is 0 Å². The molecule has 1 aromatic heterocycles. The molecule has 2 rings (SSSR count). The maximum atomic E-state index is 12.6. The largest absolute Gasteiger partial charge is 0.433 e. The molecule has 0 radical (unpaired) electrons. The predicted molar refractivity (Wildman–Crippen MR) is 73.4 cm³/mol. The number of carbonyl (C=O) groups is 1. The van der Waals surface area contributed by atoms with E-state index in [-0.39, 0.29) is 17.3 Å². The molecule has 0 aliphatic carbocycles. The molecule has 1 aromatic carbocycles. The Labute approximate surface area is 118 Å². The summed E-state index contributed by atoms with van der Waals surface area (Å²) in [5.41, 5.74) is 5.67. The zero-order chi connectivity index (χ0) is 15.6. The molecule has 21 heavy (non-hydrogen) atoms. The number of hydrogen-bond donors (Lipinski definition) is 2. The lowest BCUT2D eigenvalue weighted by Gasteiger charge is -2.12. The standard InChI is InChI=1S/C14H12F3N3O/c1-8(21)9-2-4-10(5-3-9)19-13-11(18)6-7-12(20-13)14(15,16)17/h2-7H,18H2,1H3,(H,19,20). The molecule has 7 heteroatoms. The minimum absolute atomic E-state index is 0.0830. The number of pyridine rings is 1. The summed E-state index contributed by atoms with van der Waals surface area (Å²) in [7, 11) is 0. The lowest BCUT2D eigenvalue weighted by Crippen LogP contribution is -2.10. The number of carbonyl (C=O) groups excluding carboxylic acids is 1. The van der Waals surface area contributed by atoms with Gasteiger partial charge in [-0.1, -0.05) is 0 Å². The molecule has 0 spiro atoms. The highest BCUT2D eigenvalue weighted by molar-refractivity contribution is 5.94. The molecule has 0 bridgehead atoms. The minimum atomic E-state index is -4.54. The number of nitrogens with zero attached hydrogens (tertiary/aromatic N) is 1. The van der Waals surface area contributed by atoms with Crippen molar-refractivity contribution in [2.75, 3.05) is 11.1 Å². The average molecular weight is 295 g/mol. The number of benzene rings is 1. The Morgan fingerprint density at radius 3 is 2.29 bits per heavy atom. The fourth-order valence-corrected chi connectivity index (χ4v) is 1.65. The van der Waals surface area contributed by atoms with Gasteiger partial charge in [0.1, 0.15) is 5.69 Å². The van der Waals surface area contributed by atoms with Crippen LogP contribution >= 0.6 is 0 Å². The van der Waals surface area contributed by atoms with Gasteiger partial charge >= 0.3 is 6.18 Å². The van der Waals surface area contributed by atoms with Crippen LogP contribution in [0.4, 0.5) is 30.4 Å². The second-order valence-corrected chi connectivity index (χ2v) is 4.39. The third-order valence-corrected chi connectivity index (χ3v) is 2.77. The molecule has 0 aliphatic heterocycles. The van der Waals surface area contributed by atoms with Crippen molar-refractivity contribution in [1.29, 1.82) is 0 Å². The Morgan fingerprint density at radius 1 is 1.14 bits per heavy atom. The molecule has 4 nitrogen and oxygen atoms in total. The number of ketones is 1. The molecule has 0 saturated carbocycles. The number of nitrogens with two attached hydrogens (primary N) is 1. The number of aromatic nitrogens is 1. The van der Waals surface area contributed by atoms with Crippen LogP contribution in [0, 0.1) is 0 Å². The van der Waals surface area contributed by atoms with E-state index in [0.717, 1.165) is 12.1 Å². The van der Waals surface area contributed by atoms with Gasteiger partial charge in [0.2, 0.25) is 0 Å². The molecule has 110 valence electrons. The Balaban J connectivity index is 2.28. The smallest absolute Gasteiger partial charge is 0.396 e. The van der Waals surface area contributed by atoms with E-state index in [4.69, 9.17) is 5.73 Å². The summed E-state index contributed by atoms with van der Waals surface area (Å²) < 4.78 is 37.8. The summed E-state index contributed by atoms with van der Waals surface area (Å²) in [6.45, 7) is 1.43. The molecule has 0 fully saturated rings. The Hall–Kier alpha value is -2.57. The molecule has 3 N–H and O–H groups in total. The molecular weight excluding hydrogens is 283 g/mol. The van der Waals surface area contributed by atoms with Crippen LogP contribution in [-0.4, -0.2) is 10.8 Å². The predicted octanol–water partition coefficient (Wildman–Crippen LogP) is 3.63. The molecular formula is C14H12F3N3O. The third-order valence-electron chi connectivity index (χ3n) is 2.77. The fourth-order valence-electron chi connectivity index (χ4n) is 1.65. The van der Waals surface area contributed by atoms with Crippen molar-refractivity contribution in [3.05, 3.63) is 47.7 Å². The molecule has 2 aromatic rings. The van der Waals surface area contributed by atoms with Crippen LogP contribution < -0.4 is 11.1 Å². The zero-order valence-corrected chi connectivity index (χ0v) is 11.0. The third kappa shape index (κ3) is 3.50. The van der Waals surface area contributed by atoms with E-state index in [1.165, 1.54) is 6.92 Å². The van der Waals surface area contributed by atoms with Gasteiger partial charge in [0.25, 0.3) is 0 Å². The van der Waals surface area contributed by atoms with Crippen LogP contribution in [0.1, 0.15) is 23.0 Å². The Kier molecular flexibility index (Phi) is 3.84. The normalized spacial score (nSPS) is 11.2. The van der Waals surface area contributed by atoms with Gasteiger partial charge < -0.3 is 11.1 Å². The molecule has 0 aliphatic rings. The average Bonchev–Trinajstić information content (AvgIpc) is 2.40. The van der Waals surface area contributed by atoms with Crippen molar-refractivity contribution in [3.8, 4) is 0 Å². The highest BCUT2D eigenvalue weighted by Crippen LogP contribution is 2.31. The molecule has 1 heterocycles. The van der Waals surface area contributed by atoms with Crippen LogP contribution in [0.3, 0.4) is 0 Å². The summed E-state index contributed by atoms with van der Waals surface area (Å²) in [6.07, 6.45) is -4.54. The number of Topliss-reactive ketones (excluding diaryl/α,β-unsaturated/α-hetero) is 1. The number of rotatable bonds is 3. The van der Waals surface area contributed by atoms with Gasteiger partial charge in [0.05, 0.1) is 5.69 Å². The van der Waals surface area contributed by atoms with Crippen molar-refractivity contribution >= 4 is 23.0 Å². The highest BCUT2D eigenvalue weighted by Gasteiger charge is 2.32. The van der Waals surface area contributed by atoms with Gasteiger partial charge in [-0.25, -0.2) is 4.98 Å². The zero-order valence-electron chi connectivity index (χ0n) is 11.0. The number of anilines is 3. The minimum Gasteiger partial charge on any atom is -0.396 e. The monoisotopic (exact) mass is 295 g/mol. The van der Waals surface area contributed by atoms with Crippen LogP contribution in [0.25, 0.3) is 0 Å². The van der Waals surface area contributed by atoms with E-state index in [1.54, 1.807) is 24.3 Å². The number of nitrogens with one attached hydrogen (secondary N) is 1. The van der Waals surface area contributed by atoms with E-state index in [2.05, 4.69) is 10.3 Å². The van der Waals surface area contributed by atoms with Crippen LogP contribution in [0.2, 0.25) is 0 Å². The maximum Gasteiger partial charge on any atom is 0.433 e. The van der Waals surface area contributed by atoms with Gasteiger partial charge in [-0.15, -0.1) is 0 Å². The fraction of sp³-hybridized carbons (Fsp3) is 0.143. The van der Waals surface area contributed by atoms with Crippen LogP contribution in [0.15, 0.2) is 36.4 Å². The van der Waals surface area contributed by atoms with Crippen molar-refractivity contribution < 1.29 is 18.0 Å². The maximum absolute atomic E-state index is 12.6. The first kappa shape index (κ1) is 14.8. The van der Waals surface area contributed by atoms with E-state index in [9.17, 15) is 18.0 Å².